The van der Waals surface area contributed by atoms with Gasteiger partial charge in [-0.3, -0.25) is 4.79 Å². The first-order valence-electron chi connectivity index (χ1n) is 11.2. The quantitative estimate of drug-likeness (QED) is 0.312. The van der Waals surface area contributed by atoms with Crippen LogP contribution in [-0.2, 0) is 21.4 Å². The van der Waals surface area contributed by atoms with Gasteiger partial charge in [0.05, 0.1) is 12.6 Å². The van der Waals surface area contributed by atoms with Crippen molar-refractivity contribution in [3.05, 3.63) is 137 Å². The van der Waals surface area contributed by atoms with Gasteiger partial charge in [0.25, 0.3) is 0 Å². The molecule has 0 unspecified atom stereocenters. The van der Waals surface area contributed by atoms with Crippen molar-refractivity contribution in [2.24, 2.45) is 0 Å². The van der Waals surface area contributed by atoms with E-state index in [2.05, 4.69) is 5.32 Å². The molecule has 0 aromatic heterocycles. The van der Waals surface area contributed by atoms with Crippen molar-refractivity contribution in [1.29, 1.82) is 0 Å². The molecule has 4 aromatic rings. The highest BCUT2D eigenvalue weighted by Gasteiger charge is 2.30. The average Bonchev–Trinajstić information content (AvgIpc) is 2.89. The lowest BCUT2D eigenvalue weighted by Gasteiger charge is -2.25. The normalized spacial score (nSPS) is 11.6. The summed E-state index contributed by atoms with van der Waals surface area (Å²) in [6.07, 6.45) is 0. The predicted molar refractivity (Wildman–Crippen MR) is 138 cm³/mol. The molecule has 0 aliphatic rings. The summed E-state index contributed by atoms with van der Waals surface area (Å²) in [5.41, 5.74) is 2.17. The zero-order valence-electron chi connectivity index (χ0n) is 19.2. The van der Waals surface area contributed by atoms with Gasteiger partial charge in [0, 0.05) is 11.6 Å². The molecule has 36 heavy (non-hydrogen) atoms. The second-order valence-corrected chi connectivity index (χ2v) is 10.4. The zero-order chi connectivity index (χ0) is 25.5. The van der Waals surface area contributed by atoms with Crippen LogP contribution < -0.4 is 5.32 Å². The maximum Gasteiger partial charge on any atom is 0.246 e. The summed E-state index contributed by atoms with van der Waals surface area (Å²) in [7, 11) is -4.37. The SMILES string of the molecule is O=C(CN(Cc1ccccc1Cl)S(=O)(=O)c1ccccc1F)NC(c1ccccc1)c1ccccc1. The third kappa shape index (κ3) is 5.99. The molecule has 0 aliphatic carbocycles. The fraction of sp³-hybridized carbons (Fsp3) is 0.107. The van der Waals surface area contributed by atoms with E-state index in [9.17, 15) is 17.6 Å². The van der Waals surface area contributed by atoms with Crippen molar-refractivity contribution < 1.29 is 17.6 Å². The van der Waals surface area contributed by atoms with Crippen molar-refractivity contribution >= 4 is 27.5 Å². The number of nitrogens with zero attached hydrogens (tertiary/aromatic N) is 1. The van der Waals surface area contributed by atoms with E-state index >= 15 is 0 Å². The average molecular weight is 523 g/mol. The summed E-state index contributed by atoms with van der Waals surface area (Å²) < 4.78 is 42.4. The first-order valence-corrected chi connectivity index (χ1v) is 13.1. The van der Waals surface area contributed by atoms with Crippen LogP contribution in [0, 0.1) is 5.82 Å². The molecule has 4 rings (SSSR count). The fourth-order valence-electron chi connectivity index (χ4n) is 3.85. The van der Waals surface area contributed by atoms with E-state index in [1.165, 1.54) is 18.2 Å². The topological polar surface area (TPSA) is 66.5 Å². The number of benzene rings is 4. The minimum atomic E-state index is -4.37. The molecule has 1 N–H and O–H groups in total. The van der Waals surface area contributed by atoms with Crippen LogP contribution in [0.3, 0.4) is 0 Å². The first-order chi connectivity index (χ1) is 17.4. The van der Waals surface area contributed by atoms with Gasteiger partial charge in [0.2, 0.25) is 15.9 Å². The number of rotatable bonds is 9. The van der Waals surface area contributed by atoms with E-state index in [0.29, 0.717) is 10.6 Å². The van der Waals surface area contributed by atoms with Crippen LogP contribution in [0.15, 0.2) is 114 Å². The van der Waals surface area contributed by atoms with Crippen molar-refractivity contribution in [1.82, 2.24) is 9.62 Å². The first kappa shape index (κ1) is 25.6. The molecule has 0 spiro atoms. The van der Waals surface area contributed by atoms with Crippen LogP contribution in [0.25, 0.3) is 0 Å². The van der Waals surface area contributed by atoms with E-state index in [1.807, 2.05) is 60.7 Å². The van der Waals surface area contributed by atoms with Gasteiger partial charge in [-0.1, -0.05) is 103 Å². The third-order valence-corrected chi connectivity index (χ3v) is 7.84. The highest BCUT2D eigenvalue weighted by Crippen LogP contribution is 2.25. The van der Waals surface area contributed by atoms with Crippen LogP contribution >= 0.6 is 11.6 Å². The molecule has 0 heterocycles. The molecular formula is C28H24ClFN2O3S. The van der Waals surface area contributed by atoms with E-state index in [-0.39, 0.29) is 6.54 Å². The Bertz CT molecular complexity index is 1390. The van der Waals surface area contributed by atoms with Crippen LogP contribution in [-0.4, -0.2) is 25.2 Å². The highest BCUT2D eigenvalue weighted by atomic mass is 35.5. The lowest BCUT2D eigenvalue weighted by atomic mass is 9.99. The van der Waals surface area contributed by atoms with Gasteiger partial charge in [0.15, 0.2) is 0 Å². The molecule has 0 saturated carbocycles. The lowest BCUT2D eigenvalue weighted by Crippen LogP contribution is -2.42. The summed E-state index contributed by atoms with van der Waals surface area (Å²) in [6.45, 7) is -0.733. The molecule has 0 atom stereocenters. The largest absolute Gasteiger partial charge is 0.344 e. The Balaban J connectivity index is 1.66. The minimum Gasteiger partial charge on any atom is -0.344 e. The molecule has 5 nitrogen and oxygen atoms in total. The standard InChI is InChI=1S/C28H24ClFN2O3S/c29-24-16-8-7-15-23(24)19-32(36(34,35)26-18-10-9-17-25(26)30)20-27(33)31-28(21-11-3-1-4-12-21)22-13-5-2-6-14-22/h1-18,28H,19-20H2,(H,31,33). The van der Waals surface area contributed by atoms with Crippen LogP contribution in [0.2, 0.25) is 5.02 Å². The molecule has 1 amide bonds. The Morgan fingerprint density at radius 3 is 1.92 bits per heavy atom. The van der Waals surface area contributed by atoms with E-state index in [0.717, 1.165) is 21.5 Å². The molecule has 0 radical (unpaired) electrons. The van der Waals surface area contributed by atoms with Crippen molar-refractivity contribution in [2.75, 3.05) is 6.54 Å². The van der Waals surface area contributed by atoms with E-state index in [1.54, 1.807) is 24.3 Å². The van der Waals surface area contributed by atoms with Crippen molar-refractivity contribution in [3.8, 4) is 0 Å². The molecule has 0 aliphatic heterocycles. The number of amides is 1. The molecule has 8 heteroatoms. The summed E-state index contributed by atoms with van der Waals surface area (Å²) in [5, 5.41) is 3.29. The summed E-state index contributed by atoms with van der Waals surface area (Å²) in [6, 6.07) is 30.1. The molecule has 184 valence electrons. The number of carbonyl (C=O) groups excluding carboxylic acids is 1. The molecular weight excluding hydrogens is 499 g/mol. The fourth-order valence-corrected chi connectivity index (χ4v) is 5.49. The van der Waals surface area contributed by atoms with Gasteiger partial charge in [-0.15, -0.1) is 0 Å². The number of carbonyl (C=O) groups is 1. The maximum atomic E-state index is 14.5. The van der Waals surface area contributed by atoms with Crippen LogP contribution in [0.4, 0.5) is 4.39 Å². The smallest absolute Gasteiger partial charge is 0.246 e. The monoisotopic (exact) mass is 522 g/mol. The van der Waals surface area contributed by atoms with Gasteiger partial charge < -0.3 is 5.32 Å². The molecule has 4 aromatic carbocycles. The van der Waals surface area contributed by atoms with E-state index in [4.69, 9.17) is 11.6 Å². The predicted octanol–water partition coefficient (Wildman–Crippen LogP) is 5.58. The highest BCUT2D eigenvalue weighted by molar-refractivity contribution is 7.89. The number of hydrogen-bond donors (Lipinski definition) is 1. The maximum absolute atomic E-state index is 14.5. The van der Waals surface area contributed by atoms with Crippen molar-refractivity contribution in [3.63, 3.8) is 0 Å². The summed E-state index contributed by atoms with van der Waals surface area (Å²) >= 11 is 6.28. The molecule has 0 fully saturated rings. The van der Waals surface area contributed by atoms with Gasteiger partial charge in [-0.2, -0.15) is 4.31 Å². The second-order valence-electron chi connectivity index (χ2n) is 8.12. The number of hydrogen-bond acceptors (Lipinski definition) is 3. The number of nitrogens with one attached hydrogen (secondary N) is 1. The van der Waals surface area contributed by atoms with Gasteiger partial charge in [0.1, 0.15) is 10.7 Å². The Morgan fingerprint density at radius 2 is 1.33 bits per heavy atom. The number of halogens is 2. The van der Waals surface area contributed by atoms with Crippen molar-refractivity contribution in [2.45, 2.75) is 17.5 Å². The Kier molecular flexibility index (Phi) is 8.15. The number of sulfonamides is 1. The lowest BCUT2D eigenvalue weighted by molar-refractivity contribution is -0.121. The van der Waals surface area contributed by atoms with Gasteiger partial charge >= 0.3 is 0 Å². The summed E-state index contributed by atoms with van der Waals surface area (Å²) in [5.74, 6) is -1.44. The third-order valence-electron chi connectivity index (χ3n) is 5.65. The Labute approximate surface area is 215 Å². The van der Waals surface area contributed by atoms with E-state index < -0.39 is 39.2 Å². The van der Waals surface area contributed by atoms with Gasteiger partial charge in [-0.05, 0) is 34.9 Å². The second kappa shape index (κ2) is 11.5. The van der Waals surface area contributed by atoms with Crippen LogP contribution in [0.5, 0.6) is 0 Å². The molecule has 0 bridgehead atoms. The minimum absolute atomic E-state index is 0.203. The van der Waals surface area contributed by atoms with Gasteiger partial charge in [-0.25, -0.2) is 12.8 Å². The molecule has 0 saturated heterocycles. The van der Waals surface area contributed by atoms with Crippen LogP contribution in [0.1, 0.15) is 22.7 Å². The Morgan fingerprint density at radius 1 is 0.806 bits per heavy atom. The Hall–Kier alpha value is -3.52. The summed E-state index contributed by atoms with van der Waals surface area (Å²) in [4.78, 5) is 12.8. The zero-order valence-corrected chi connectivity index (χ0v) is 20.8.